The lowest BCUT2D eigenvalue weighted by atomic mass is 10.1. The Morgan fingerprint density at radius 2 is 2.05 bits per heavy atom. The molecule has 6 nitrogen and oxygen atoms in total. The summed E-state index contributed by atoms with van der Waals surface area (Å²) >= 11 is 0. The summed E-state index contributed by atoms with van der Waals surface area (Å²) in [5.74, 6) is 0.310. The summed E-state index contributed by atoms with van der Waals surface area (Å²) in [6, 6.07) is 6.92. The van der Waals surface area contributed by atoms with Crippen LogP contribution in [0.2, 0.25) is 0 Å². The van der Waals surface area contributed by atoms with Crippen LogP contribution in [0.25, 0.3) is 10.9 Å². The smallest absolute Gasteiger partial charge is 0.338 e. The molecule has 0 aliphatic heterocycles. The standard InChI is InChI=1S/C15H11N3O3/c1-20-15(19)11-7-10-3-2-4-18-14(10)12(8-11)21-13-9-16-5-6-17-13/h2-9H,1H3. The monoisotopic (exact) mass is 281 g/mol. The summed E-state index contributed by atoms with van der Waals surface area (Å²) in [7, 11) is 1.33. The summed E-state index contributed by atoms with van der Waals surface area (Å²) in [5, 5.41) is 0.777. The molecule has 0 radical (unpaired) electrons. The van der Waals surface area contributed by atoms with Gasteiger partial charge in [0.15, 0.2) is 5.75 Å². The van der Waals surface area contributed by atoms with Gasteiger partial charge in [-0.1, -0.05) is 6.07 Å². The van der Waals surface area contributed by atoms with Gasteiger partial charge in [0, 0.05) is 24.0 Å². The molecule has 21 heavy (non-hydrogen) atoms. The van der Waals surface area contributed by atoms with Crippen LogP contribution in [-0.2, 0) is 4.74 Å². The number of methoxy groups -OCH3 is 1. The first-order valence-electron chi connectivity index (χ1n) is 6.19. The number of carbonyl (C=O) groups is 1. The van der Waals surface area contributed by atoms with E-state index in [2.05, 4.69) is 15.0 Å². The molecule has 6 heteroatoms. The Balaban J connectivity index is 2.12. The summed E-state index contributed by atoms with van der Waals surface area (Å²) in [6.07, 6.45) is 6.21. The number of nitrogens with zero attached hydrogens (tertiary/aromatic N) is 3. The molecule has 0 unspecified atom stereocenters. The number of fused-ring (bicyclic) bond motifs is 1. The van der Waals surface area contributed by atoms with E-state index in [0.29, 0.717) is 22.7 Å². The molecule has 0 atom stereocenters. The van der Waals surface area contributed by atoms with E-state index in [1.807, 2.05) is 6.07 Å². The zero-order chi connectivity index (χ0) is 14.7. The van der Waals surface area contributed by atoms with Gasteiger partial charge in [-0.05, 0) is 18.2 Å². The first kappa shape index (κ1) is 13.0. The largest absolute Gasteiger partial charge is 0.465 e. The highest BCUT2D eigenvalue weighted by molar-refractivity contribution is 5.97. The predicted octanol–water partition coefficient (Wildman–Crippen LogP) is 2.60. The van der Waals surface area contributed by atoms with Crippen molar-refractivity contribution < 1.29 is 14.3 Å². The van der Waals surface area contributed by atoms with Gasteiger partial charge in [0.25, 0.3) is 0 Å². The van der Waals surface area contributed by atoms with E-state index in [9.17, 15) is 4.79 Å². The maximum Gasteiger partial charge on any atom is 0.338 e. The Morgan fingerprint density at radius 1 is 1.14 bits per heavy atom. The maximum atomic E-state index is 11.7. The van der Waals surface area contributed by atoms with Crippen molar-refractivity contribution in [1.82, 2.24) is 15.0 Å². The van der Waals surface area contributed by atoms with Crippen LogP contribution in [0.4, 0.5) is 0 Å². The van der Waals surface area contributed by atoms with E-state index in [0.717, 1.165) is 5.39 Å². The van der Waals surface area contributed by atoms with Gasteiger partial charge in [0.05, 0.1) is 18.9 Å². The van der Waals surface area contributed by atoms with Gasteiger partial charge in [-0.25, -0.2) is 9.78 Å². The lowest BCUT2D eigenvalue weighted by molar-refractivity contribution is 0.0600. The third-order valence-corrected chi connectivity index (χ3v) is 2.85. The van der Waals surface area contributed by atoms with Crippen molar-refractivity contribution in [1.29, 1.82) is 0 Å². The van der Waals surface area contributed by atoms with E-state index in [-0.39, 0.29) is 0 Å². The van der Waals surface area contributed by atoms with Crippen LogP contribution in [-0.4, -0.2) is 28.0 Å². The molecular formula is C15H11N3O3. The van der Waals surface area contributed by atoms with Crippen LogP contribution < -0.4 is 4.74 Å². The Morgan fingerprint density at radius 3 is 2.81 bits per heavy atom. The van der Waals surface area contributed by atoms with E-state index in [1.165, 1.54) is 19.5 Å². The minimum atomic E-state index is -0.440. The highest BCUT2D eigenvalue weighted by Gasteiger charge is 2.13. The average Bonchev–Trinajstić information content (AvgIpc) is 2.55. The second-order valence-electron chi connectivity index (χ2n) is 4.19. The van der Waals surface area contributed by atoms with Crippen LogP contribution in [0.3, 0.4) is 0 Å². The Hall–Kier alpha value is -3.02. The molecule has 0 fully saturated rings. The van der Waals surface area contributed by atoms with Crippen LogP contribution in [0.15, 0.2) is 49.1 Å². The van der Waals surface area contributed by atoms with Crippen molar-refractivity contribution in [2.75, 3.05) is 7.11 Å². The zero-order valence-corrected chi connectivity index (χ0v) is 11.2. The molecule has 2 aromatic heterocycles. The van der Waals surface area contributed by atoms with Crippen molar-refractivity contribution in [2.45, 2.75) is 0 Å². The van der Waals surface area contributed by atoms with Crippen LogP contribution >= 0.6 is 0 Å². The molecule has 0 amide bonds. The number of esters is 1. The number of pyridine rings is 1. The maximum absolute atomic E-state index is 11.7. The van der Waals surface area contributed by atoms with Crippen LogP contribution in [0, 0.1) is 0 Å². The number of carbonyl (C=O) groups excluding carboxylic acids is 1. The van der Waals surface area contributed by atoms with Crippen molar-refractivity contribution in [2.24, 2.45) is 0 Å². The predicted molar refractivity (Wildman–Crippen MR) is 75.2 cm³/mol. The molecule has 0 saturated carbocycles. The Labute approximate surface area is 120 Å². The zero-order valence-electron chi connectivity index (χ0n) is 11.2. The molecule has 2 heterocycles. The second kappa shape index (κ2) is 5.54. The highest BCUT2D eigenvalue weighted by Crippen LogP contribution is 2.29. The molecular weight excluding hydrogens is 270 g/mol. The fourth-order valence-corrected chi connectivity index (χ4v) is 1.92. The normalized spacial score (nSPS) is 10.3. The third kappa shape index (κ3) is 2.64. The van der Waals surface area contributed by atoms with Gasteiger partial charge < -0.3 is 9.47 Å². The fourth-order valence-electron chi connectivity index (χ4n) is 1.92. The molecule has 3 aromatic rings. The number of rotatable bonds is 3. The van der Waals surface area contributed by atoms with Crippen molar-refractivity contribution in [3.05, 3.63) is 54.6 Å². The lowest BCUT2D eigenvalue weighted by Crippen LogP contribution is -2.02. The van der Waals surface area contributed by atoms with Crippen molar-refractivity contribution in [3.8, 4) is 11.6 Å². The first-order chi connectivity index (χ1) is 10.3. The van der Waals surface area contributed by atoms with E-state index in [4.69, 9.17) is 9.47 Å². The summed E-state index contributed by atoms with van der Waals surface area (Å²) < 4.78 is 10.4. The van der Waals surface area contributed by atoms with Crippen LogP contribution in [0.5, 0.6) is 11.6 Å². The Bertz CT molecular complexity index is 791. The summed E-state index contributed by atoms with van der Waals surface area (Å²) in [6.45, 7) is 0. The van der Waals surface area contributed by atoms with Gasteiger partial charge in [0.2, 0.25) is 5.88 Å². The molecule has 0 saturated heterocycles. The van der Waals surface area contributed by atoms with E-state index >= 15 is 0 Å². The molecule has 1 aromatic carbocycles. The molecule has 3 rings (SSSR count). The quantitative estimate of drug-likeness (QED) is 0.687. The van der Waals surface area contributed by atoms with Crippen molar-refractivity contribution >= 4 is 16.9 Å². The fraction of sp³-hybridized carbons (Fsp3) is 0.0667. The molecule has 0 aliphatic carbocycles. The number of hydrogen-bond acceptors (Lipinski definition) is 6. The molecule has 0 spiro atoms. The van der Waals surface area contributed by atoms with E-state index in [1.54, 1.807) is 30.6 Å². The van der Waals surface area contributed by atoms with Crippen LogP contribution in [0.1, 0.15) is 10.4 Å². The minimum Gasteiger partial charge on any atom is -0.465 e. The van der Waals surface area contributed by atoms with Gasteiger partial charge in [-0.2, -0.15) is 0 Å². The average molecular weight is 281 g/mol. The molecule has 0 N–H and O–H groups in total. The lowest BCUT2D eigenvalue weighted by Gasteiger charge is -2.09. The number of aromatic nitrogens is 3. The molecule has 0 aliphatic rings. The van der Waals surface area contributed by atoms with Gasteiger partial charge in [-0.15, -0.1) is 0 Å². The number of ether oxygens (including phenoxy) is 2. The van der Waals surface area contributed by atoms with Crippen molar-refractivity contribution in [3.63, 3.8) is 0 Å². The third-order valence-electron chi connectivity index (χ3n) is 2.85. The first-order valence-corrected chi connectivity index (χ1v) is 6.19. The molecule has 0 bridgehead atoms. The summed E-state index contributed by atoms with van der Waals surface area (Å²) in [4.78, 5) is 24.0. The topological polar surface area (TPSA) is 74.2 Å². The highest BCUT2D eigenvalue weighted by atomic mass is 16.5. The second-order valence-corrected chi connectivity index (χ2v) is 4.19. The SMILES string of the molecule is COC(=O)c1cc(Oc2cnccn2)c2ncccc2c1. The minimum absolute atomic E-state index is 0.325. The number of benzene rings is 1. The van der Waals surface area contributed by atoms with Gasteiger partial charge >= 0.3 is 5.97 Å². The molecule has 104 valence electrons. The number of hydrogen-bond donors (Lipinski definition) is 0. The van der Waals surface area contributed by atoms with E-state index < -0.39 is 5.97 Å². The van der Waals surface area contributed by atoms with Gasteiger partial charge in [-0.3, -0.25) is 9.97 Å². The summed E-state index contributed by atoms with van der Waals surface area (Å²) in [5.41, 5.74) is 1.02. The van der Waals surface area contributed by atoms with Gasteiger partial charge in [0.1, 0.15) is 5.52 Å². The Kier molecular flexibility index (Phi) is 3.42.